The lowest BCUT2D eigenvalue weighted by Crippen LogP contribution is -1.94. The van der Waals surface area contributed by atoms with Crippen LogP contribution in [0.25, 0.3) is 22.3 Å². The van der Waals surface area contributed by atoms with Crippen molar-refractivity contribution in [1.29, 1.82) is 0 Å². The van der Waals surface area contributed by atoms with Crippen LogP contribution in [0.15, 0.2) is 73.3 Å². The molecule has 0 atom stereocenters. The summed E-state index contributed by atoms with van der Waals surface area (Å²) in [7, 11) is 0. The molecule has 0 aliphatic heterocycles. The first-order chi connectivity index (χ1) is 13.1. The number of allylic oxidation sites excluding steroid dienone is 1. The number of ether oxygens (including phenoxy) is 1. The Morgan fingerprint density at radius 1 is 0.852 bits per heavy atom. The summed E-state index contributed by atoms with van der Waals surface area (Å²) in [5.41, 5.74) is 3.92. The highest BCUT2D eigenvalue weighted by Crippen LogP contribution is 2.29. The van der Waals surface area contributed by atoms with Crippen LogP contribution in [0.4, 0.5) is 8.78 Å². The second-order valence-electron chi connectivity index (χ2n) is 6.30. The van der Waals surface area contributed by atoms with Gasteiger partial charge in [-0.2, -0.15) is 0 Å². The van der Waals surface area contributed by atoms with Crippen LogP contribution in [0.5, 0.6) is 5.75 Å². The van der Waals surface area contributed by atoms with Crippen molar-refractivity contribution >= 4 is 0 Å². The van der Waals surface area contributed by atoms with Crippen molar-refractivity contribution < 1.29 is 13.5 Å². The first kappa shape index (κ1) is 18.8. The summed E-state index contributed by atoms with van der Waals surface area (Å²) in [6, 6.07) is 17.7. The van der Waals surface area contributed by atoms with Crippen molar-refractivity contribution in [3.63, 3.8) is 0 Å². The molecule has 3 aromatic carbocycles. The number of halogens is 2. The van der Waals surface area contributed by atoms with Gasteiger partial charge in [-0.05, 0) is 60.2 Å². The zero-order valence-corrected chi connectivity index (χ0v) is 15.3. The number of aryl methyl sites for hydroxylation is 1. The maximum absolute atomic E-state index is 14.5. The summed E-state index contributed by atoms with van der Waals surface area (Å²) in [5.74, 6) is -0.382. The van der Waals surface area contributed by atoms with Gasteiger partial charge >= 0.3 is 0 Å². The molecule has 0 aliphatic carbocycles. The second kappa shape index (κ2) is 8.63. The highest BCUT2D eigenvalue weighted by atomic mass is 19.1. The molecule has 0 saturated heterocycles. The Balaban J connectivity index is 1.83. The van der Waals surface area contributed by atoms with Crippen molar-refractivity contribution in [3.05, 3.63) is 90.5 Å². The lowest BCUT2D eigenvalue weighted by atomic mass is 9.98. The summed E-state index contributed by atoms with van der Waals surface area (Å²) < 4.78 is 33.8. The van der Waals surface area contributed by atoms with Crippen LogP contribution < -0.4 is 4.74 Å². The van der Waals surface area contributed by atoms with Crippen LogP contribution in [0.3, 0.4) is 0 Å². The van der Waals surface area contributed by atoms with Crippen molar-refractivity contribution in [2.24, 2.45) is 0 Å². The third-order valence-electron chi connectivity index (χ3n) is 4.43. The lowest BCUT2D eigenvalue weighted by Gasteiger charge is -2.09. The standard InChI is InChI=1S/C24H22F2O/c1-3-5-6-17-7-13-21(22(25)15-17)19-10-8-18(9-11-19)20-12-14-24(27-4-2)23(26)16-20/h3,7-16H,1,4-6H2,2H3. The Hall–Kier alpha value is -2.94. The molecule has 3 rings (SSSR count). The number of rotatable bonds is 7. The van der Waals surface area contributed by atoms with Gasteiger partial charge in [0.2, 0.25) is 0 Å². The van der Waals surface area contributed by atoms with Gasteiger partial charge in [0.25, 0.3) is 0 Å². The molecular weight excluding hydrogens is 342 g/mol. The first-order valence-corrected chi connectivity index (χ1v) is 9.05. The Morgan fingerprint density at radius 3 is 2.19 bits per heavy atom. The van der Waals surface area contributed by atoms with Gasteiger partial charge in [-0.25, -0.2) is 8.78 Å². The van der Waals surface area contributed by atoms with E-state index in [0.717, 1.165) is 35.1 Å². The maximum atomic E-state index is 14.5. The van der Waals surface area contributed by atoms with E-state index in [1.807, 2.05) is 49.4 Å². The van der Waals surface area contributed by atoms with E-state index in [-0.39, 0.29) is 17.4 Å². The molecule has 0 heterocycles. The zero-order chi connectivity index (χ0) is 19.2. The molecule has 27 heavy (non-hydrogen) atoms. The molecule has 0 radical (unpaired) electrons. The fourth-order valence-corrected chi connectivity index (χ4v) is 3.01. The van der Waals surface area contributed by atoms with Crippen LogP contribution in [0.1, 0.15) is 18.9 Å². The summed E-state index contributed by atoms with van der Waals surface area (Å²) in [5, 5.41) is 0. The summed E-state index contributed by atoms with van der Waals surface area (Å²) in [6.07, 6.45) is 3.43. The predicted octanol–water partition coefficient (Wildman–Crippen LogP) is 6.82. The maximum Gasteiger partial charge on any atom is 0.165 e. The molecule has 0 spiro atoms. The van der Waals surface area contributed by atoms with Gasteiger partial charge in [0, 0.05) is 5.56 Å². The lowest BCUT2D eigenvalue weighted by molar-refractivity contribution is 0.321. The molecule has 0 amide bonds. The van der Waals surface area contributed by atoms with Crippen LogP contribution in [-0.2, 0) is 6.42 Å². The molecule has 0 unspecified atom stereocenters. The number of hydrogen-bond donors (Lipinski definition) is 0. The van der Waals surface area contributed by atoms with Crippen molar-refractivity contribution in [1.82, 2.24) is 0 Å². The molecule has 0 aliphatic rings. The highest BCUT2D eigenvalue weighted by molar-refractivity contribution is 5.71. The minimum atomic E-state index is -0.389. The van der Waals surface area contributed by atoms with Gasteiger partial charge in [-0.1, -0.05) is 48.5 Å². The molecule has 0 fully saturated rings. The van der Waals surface area contributed by atoms with Crippen molar-refractivity contribution in [2.45, 2.75) is 19.8 Å². The molecule has 0 bridgehead atoms. The highest BCUT2D eigenvalue weighted by Gasteiger charge is 2.09. The summed E-state index contributed by atoms with van der Waals surface area (Å²) in [4.78, 5) is 0. The van der Waals surface area contributed by atoms with Gasteiger partial charge in [-0.3, -0.25) is 0 Å². The molecular formula is C24H22F2O. The second-order valence-corrected chi connectivity index (χ2v) is 6.30. The molecule has 3 aromatic rings. The Bertz CT molecular complexity index is 930. The van der Waals surface area contributed by atoms with Gasteiger partial charge in [0.05, 0.1) is 6.61 Å². The van der Waals surface area contributed by atoms with Gasteiger partial charge < -0.3 is 4.74 Å². The Kier molecular flexibility index (Phi) is 6.02. The van der Waals surface area contributed by atoms with E-state index < -0.39 is 0 Å². The van der Waals surface area contributed by atoms with Crippen LogP contribution >= 0.6 is 0 Å². The first-order valence-electron chi connectivity index (χ1n) is 9.05. The quantitative estimate of drug-likeness (QED) is 0.418. The fraction of sp³-hybridized carbons (Fsp3) is 0.167. The monoisotopic (exact) mass is 364 g/mol. The van der Waals surface area contributed by atoms with E-state index in [9.17, 15) is 8.78 Å². The third kappa shape index (κ3) is 4.43. The average molecular weight is 364 g/mol. The van der Waals surface area contributed by atoms with Crippen molar-refractivity contribution in [3.8, 4) is 28.0 Å². The van der Waals surface area contributed by atoms with E-state index in [1.54, 1.807) is 18.2 Å². The summed E-state index contributed by atoms with van der Waals surface area (Å²) >= 11 is 0. The van der Waals surface area contributed by atoms with Crippen LogP contribution in [0.2, 0.25) is 0 Å². The largest absolute Gasteiger partial charge is 0.491 e. The van der Waals surface area contributed by atoms with E-state index in [0.29, 0.717) is 12.2 Å². The molecule has 0 N–H and O–H groups in total. The SMILES string of the molecule is C=CCCc1ccc(-c2ccc(-c3ccc(OCC)c(F)c3)cc2)c(F)c1. The molecule has 138 valence electrons. The third-order valence-corrected chi connectivity index (χ3v) is 4.43. The van der Waals surface area contributed by atoms with Crippen LogP contribution in [-0.4, -0.2) is 6.61 Å². The fourth-order valence-electron chi connectivity index (χ4n) is 3.01. The van der Waals surface area contributed by atoms with Crippen molar-refractivity contribution in [2.75, 3.05) is 6.61 Å². The smallest absolute Gasteiger partial charge is 0.165 e. The predicted molar refractivity (Wildman–Crippen MR) is 107 cm³/mol. The van der Waals surface area contributed by atoms with E-state index in [1.165, 1.54) is 6.07 Å². The minimum Gasteiger partial charge on any atom is -0.491 e. The zero-order valence-electron chi connectivity index (χ0n) is 15.3. The normalized spacial score (nSPS) is 10.6. The summed E-state index contributed by atoms with van der Waals surface area (Å²) in [6.45, 7) is 5.93. The Labute approximate surface area is 158 Å². The number of hydrogen-bond acceptors (Lipinski definition) is 1. The molecule has 1 nitrogen and oxygen atoms in total. The van der Waals surface area contributed by atoms with E-state index in [4.69, 9.17) is 4.74 Å². The van der Waals surface area contributed by atoms with Crippen LogP contribution in [0, 0.1) is 11.6 Å². The van der Waals surface area contributed by atoms with E-state index in [2.05, 4.69) is 6.58 Å². The molecule has 0 aromatic heterocycles. The Morgan fingerprint density at radius 2 is 1.56 bits per heavy atom. The topological polar surface area (TPSA) is 9.23 Å². The number of benzene rings is 3. The minimum absolute atomic E-state index is 0.239. The van der Waals surface area contributed by atoms with Gasteiger partial charge in [0.15, 0.2) is 11.6 Å². The van der Waals surface area contributed by atoms with E-state index >= 15 is 0 Å². The molecule has 0 saturated carbocycles. The van der Waals surface area contributed by atoms with Gasteiger partial charge in [0.1, 0.15) is 5.82 Å². The average Bonchev–Trinajstić information content (AvgIpc) is 2.68. The molecule has 3 heteroatoms. The van der Waals surface area contributed by atoms with Gasteiger partial charge in [-0.15, -0.1) is 6.58 Å².